The molecule has 0 unspecified atom stereocenters. The Kier molecular flexibility index (Phi) is 11.4. The molecule has 2 amide bonds. The van der Waals surface area contributed by atoms with E-state index in [0.29, 0.717) is 32.5 Å². The number of Topliss-reactive ketones (excluding diaryl/α,β-unsaturated/α-hetero) is 2. The second-order valence-electron chi connectivity index (χ2n) is 6.69. The monoisotopic (exact) mass is 390 g/mol. The Bertz CT molecular complexity index is 655. The van der Waals surface area contributed by atoms with Gasteiger partial charge in [-0.3, -0.25) is 19.2 Å². The molecule has 0 spiro atoms. The molecule has 0 saturated heterocycles. The van der Waals surface area contributed by atoms with Crippen molar-refractivity contribution in [2.75, 3.05) is 19.8 Å². The van der Waals surface area contributed by atoms with Crippen LogP contribution in [0.1, 0.15) is 50.7 Å². The van der Waals surface area contributed by atoms with E-state index in [1.54, 1.807) is 0 Å². The van der Waals surface area contributed by atoms with Gasteiger partial charge in [-0.15, -0.1) is 0 Å². The third-order valence-corrected chi connectivity index (χ3v) is 3.86. The molecular formula is C21H30N2O5. The van der Waals surface area contributed by atoms with E-state index >= 15 is 0 Å². The van der Waals surface area contributed by atoms with Gasteiger partial charge in [0.1, 0.15) is 18.2 Å². The lowest BCUT2D eigenvalue weighted by molar-refractivity contribution is -0.127. The number of carbonyl (C=O) groups excluding carboxylic acids is 4. The Morgan fingerprint density at radius 2 is 1.64 bits per heavy atom. The van der Waals surface area contributed by atoms with Crippen LogP contribution >= 0.6 is 0 Å². The van der Waals surface area contributed by atoms with Gasteiger partial charge >= 0.3 is 0 Å². The highest BCUT2D eigenvalue weighted by atomic mass is 16.5. The summed E-state index contributed by atoms with van der Waals surface area (Å²) >= 11 is 0. The van der Waals surface area contributed by atoms with Gasteiger partial charge in [-0.05, 0) is 30.9 Å². The van der Waals surface area contributed by atoms with E-state index in [9.17, 15) is 19.2 Å². The van der Waals surface area contributed by atoms with Crippen LogP contribution < -0.4 is 10.6 Å². The van der Waals surface area contributed by atoms with Gasteiger partial charge in [0.25, 0.3) is 0 Å². The van der Waals surface area contributed by atoms with Crippen molar-refractivity contribution in [3.05, 3.63) is 35.4 Å². The largest absolute Gasteiger partial charge is 0.372 e. The van der Waals surface area contributed by atoms with Crippen LogP contribution in [0, 0.1) is 0 Å². The number of carbonyl (C=O) groups is 4. The van der Waals surface area contributed by atoms with E-state index in [2.05, 4.69) is 10.6 Å². The number of rotatable bonds is 14. The van der Waals surface area contributed by atoms with E-state index in [1.165, 1.54) is 6.92 Å². The maximum Gasteiger partial charge on any atom is 0.246 e. The van der Waals surface area contributed by atoms with Gasteiger partial charge in [0.15, 0.2) is 0 Å². The Balaban J connectivity index is 2.18. The average molecular weight is 390 g/mol. The van der Waals surface area contributed by atoms with Crippen LogP contribution in [0.3, 0.4) is 0 Å². The van der Waals surface area contributed by atoms with Gasteiger partial charge in [0.05, 0.1) is 6.42 Å². The molecular weight excluding hydrogens is 360 g/mol. The summed E-state index contributed by atoms with van der Waals surface area (Å²) in [6.45, 7) is 4.75. The zero-order valence-electron chi connectivity index (χ0n) is 16.7. The molecule has 0 fully saturated rings. The van der Waals surface area contributed by atoms with Crippen molar-refractivity contribution in [2.24, 2.45) is 0 Å². The van der Waals surface area contributed by atoms with Gasteiger partial charge in [-0.1, -0.05) is 31.2 Å². The highest BCUT2D eigenvalue weighted by Crippen LogP contribution is 2.07. The van der Waals surface area contributed by atoms with Crippen LogP contribution in [-0.2, 0) is 36.9 Å². The minimum Gasteiger partial charge on any atom is -0.372 e. The summed E-state index contributed by atoms with van der Waals surface area (Å²) < 4.78 is 5.28. The molecule has 0 aliphatic heterocycles. The molecule has 2 N–H and O–H groups in total. The highest BCUT2D eigenvalue weighted by molar-refractivity contribution is 5.98. The zero-order chi connectivity index (χ0) is 20.8. The molecule has 0 atom stereocenters. The Morgan fingerprint density at radius 3 is 2.29 bits per heavy atom. The molecule has 7 heteroatoms. The SMILES string of the molecule is CCCNC(=O)CCCOCC(=O)NCc1ccc(CC(=O)CC(C)=O)cc1. The van der Waals surface area contributed by atoms with E-state index in [-0.39, 0.29) is 42.8 Å². The predicted molar refractivity (Wildman–Crippen MR) is 106 cm³/mol. The smallest absolute Gasteiger partial charge is 0.246 e. The van der Waals surface area contributed by atoms with Crippen molar-refractivity contribution in [3.63, 3.8) is 0 Å². The van der Waals surface area contributed by atoms with Crippen molar-refractivity contribution in [2.45, 2.75) is 52.5 Å². The number of hydrogen-bond donors (Lipinski definition) is 2. The Morgan fingerprint density at radius 1 is 0.964 bits per heavy atom. The minimum atomic E-state index is -0.226. The van der Waals surface area contributed by atoms with Crippen molar-refractivity contribution in [1.82, 2.24) is 10.6 Å². The molecule has 0 radical (unpaired) electrons. The first-order chi connectivity index (χ1) is 13.4. The molecule has 28 heavy (non-hydrogen) atoms. The third kappa shape index (κ3) is 11.2. The Labute approximate surface area is 166 Å². The van der Waals surface area contributed by atoms with E-state index in [0.717, 1.165) is 17.5 Å². The molecule has 0 bridgehead atoms. The number of amides is 2. The van der Waals surface area contributed by atoms with Crippen LogP contribution in [0.5, 0.6) is 0 Å². The summed E-state index contributed by atoms with van der Waals surface area (Å²) in [5, 5.41) is 5.54. The lowest BCUT2D eigenvalue weighted by Gasteiger charge is -2.08. The third-order valence-electron chi connectivity index (χ3n) is 3.86. The molecule has 1 aromatic carbocycles. The quantitative estimate of drug-likeness (QED) is 0.372. The van der Waals surface area contributed by atoms with Crippen LogP contribution in [0.2, 0.25) is 0 Å². The molecule has 0 aliphatic rings. The van der Waals surface area contributed by atoms with Gasteiger partial charge in [0, 0.05) is 32.5 Å². The van der Waals surface area contributed by atoms with Gasteiger partial charge < -0.3 is 15.4 Å². The zero-order valence-corrected chi connectivity index (χ0v) is 16.7. The van der Waals surface area contributed by atoms with Gasteiger partial charge in [-0.25, -0.2) is 0 Å². The van der Waals surface area contributed by atoms with E-state index in [4.69, 9.17) is 4.74 Å². The number of benzene rings is 1. The van der Waals surface area contributed by atoms with Crippen LogP contribution in [0.4, 0.5) is 0 Å². The molecule has 1 aromatic rings. The highest BCUT2D eigenvalue weighted by Gasteiger charge is 2.07. The fourth-order valence-corrected chi connectivity index (χ4v) is 2.45. The second kappa shape index (κ2) is 13.6. The van der Waals surface area contributed by atoms with Crippen molar-refractivity contribution < 1.29 is 23.9 Å². The van der Waals surface area contributed by atoms with Crippen LogP contribution in [-0.4, -0.2) is 43.1 Å². The minimum absolute atomic E-state index is 0.00124. The van der Waals surface area contributed by atoms with Crippen molar-refractivity contribution >= 4 is 23.4 Å². The van der Waals surface area contributed by atoms with Gasteiger partial charge in [0.2, 0.25) is 11.8 Å². The van der Waals surface area contributed by atoms with Crippen LogP contribution in [0.15, 0.2) is 24.3 Å². The summed E-state index contributed by atoms with van der Waals surface area (Å²) in [6, 6.07) is 7.32. The second-order valence-corrected chi connectivity index (χ2v) is 6.69. The van der Waals surface area contributed by atoms with E-state index in [1.807, 2.05) is 31.2 Å². The summed E-state index contributed by atoms with van der Waals surface area (Å²) in [7, 11) is 0. The summed E-state index contributed by atoms with van der Waals surface area (Å²) in [5.41, 5.74) is 1.75. The van der Waals surface area contributed by atoms with Gasteiger partial charge in [-0.2, -0.15) is 0 Å². The maximum absolute atomic E-state index is 11.8. The molecule has 0 aliphatic carbocycles. The number of hydrogen-bond acceptors (Lipinski definition) is 5. The summed E-state index contributed by atoms with van der Waals surface area (Å²) in [5.74, 6) is -0.461. The average Bonchev–Trinajstić information content (AvgIpc) is 2.64. The summed E-state index contributed by atoms with van der Waals surface area (Å²) in [4.78, 5) is 45.8. The number of nitrogens with one attached hydrogen (secondary N) is 2. The first-order valence-corrected chi connectivity index (χ1v) is 9.60. The molecule has 7 nitrogen and oxygen atoms in total. The van der Waals surface area contributed by atoms with Crippen LogP contribution in [0.25, 0.3) is 0 Å². The number of ketones is 2. The lowest BCUT2D eigenvalue weighted by Crippen LogP contribution is -2.27. The number of ether oxygens (including phenoxy) is 1. The molecule has 1 rings (SSSR count). The topological polar surface area (TPSA) is 102 Å². The summed E-state index contributed by atoms with van der Waals surface area (Å²) in [6.07, 6.45) is 2.07. The maximum atomic E-state index is 11.8. The molecule has 0 saturated carbocycles. The molecule has 0 aromatic heterocycles. The fourth-order valence-electron chi connectivity index (χ4n) is 2.45. The Hall–Kier alpha value is -2.54. The van der Waals surface area contributed by atoms with Crippen molar-refractivity contribution in [1.29, 1.82) is 0 Å². The lowest BCUT2D eigenvalue weighted by atomic mass is 10.0. The molecule has 0 heterocycles. The first-order valence-electron chi connectivity index (χ1n) is 9.60. The first kappa shape index (κ1) is 23.5. The molecule has 154 valence electrons. The standard InChI is InChI=1S/C21H30N2O5/c1-3-10-22-20(26)5-4-11-28-15-21(27)23-14-18-8-6-17(7-9-18)13-19(25)12-16(2)24/h6-9H,3-5,10-15H2,1-2H3,(H,22,26)(H,23,27). The predicted octanol–water partition coefficient (Wildman–Crippen LogP) is 1.72. The normalized spacial score (nSPS) is 10.4. The van der Waals surface area contributed by atoms with Crippen molar-refractivity contribution in [3.8, 4) is 0 Å². The fraction of sp³-hybridized carbons (Fsp3) is 0.524. The van der Waals surface area contributed by atoms with E-state index < -0.39 is 0 Å².